The highest BCUT2D eigenvalue weighted by molar-refractivity contribution is 7.10. The first-order valence-corrected chi connectivity index (χ1v) is 6.31. The summed E-state index contributed by atoms with van der Waals surface area (Å²) < 4.78 is 3.70. The van der Waals surface area contributed by atoms with E-state index in [0.29, 0.717) is 10.6 Å². The first-order valence-electron chi connectivity index (χ1n) is 5.53. The van der Waals surface area contributed by atoms with Crippen LogP contribution in [0, 0.1) is 0 Å². The molecule has 1 heterocycles. The van der Waals surface area contributed by atoms with Crippen molar-refractivity contribution in [3.8, 4) is 0 Å². The van der Waals surface area contributed by atoms with Crippen LogP contribution in [0.4, 0.5) is 5.00 Å². The molecule has 0 radical (unpaired) electrons. The molecule has 1 amide bonds. The number of amides is 1. The molecule has 3 rings (SSSR count). The zero-order valence-corrected chi connectivity index (χ0v) is 9.96. The van der Waals surface area contributed by atoms with Crippen molar-refractivity contribution in [1.82, 2.24) is 9.59 Å². The molecule has 0 bridgehead atoms. The SMILES string of the molecule is O=C(Nc1cnns1)c1ccc2c(c1)CCC2. The number of anilines is 1. The Morgan fingerprint density at radius 3 is 3.00 bits per heavy atom. The third kappa shape index (κ3) is 2.06. The lowest BCUT2D eigenvalue weighted by atomic mass is 10.1. The summed E-state index contributed by atoms with van der Waals surface area (Å²) in [7, 11) is 0. The molecule has 0 saturated heterocycles. The minimum Gasteiger partial charge on any atom is -0.311 e. The van der Waals surface area contributed by atoms with Crippen LogP contribution in [0.3, 0.4) is 0 Å². The number of rotatable bonds is 2. The molecule has 0 fully saturated rings. The highest BCUT2D eigenvalue weighted by atomic mass is 32.1. The Morgan fingerprint density at radius 1 is 1.29 bits per heavy atom. The van der Waals surface area contributed by atoms with Gasteiger partial charge in [-0.3, -0.25) is 4.79 Å². The molecule has 1 aromatic carbocycles. The molecule has 0 unspecified atom stereocenters. The molecule has 86 valence electrons. The molecule has 1 aromatic heterocycles. The van der Waals surface area contributed by atoms with E-state index >= 15 is 0 Å². The molecule has 0 spiro atoms. The van der Waals surface area contributed by atoms with E-state index < -0.39 is 0 Å². The molecule has 4 nitrogen and oxygen atoms in total. The summed E-state index contributed by atoms with van der Waals surface area (Å²) in [6, 6.07) is 5.93. The first-order chi connectivity index (χ1) is 8.33. The molecule has 5 heteroatoms. The highest BCUT2D eigenvalue weighted by Gasteiger charge is 2.14. The van der Waals surface area contributed by atoms with Crippen molar-refractivity contribution in [2.45, 2.75) is 19.3 Å². The Hall–Kier alpha value is -1.75. The Morgan fingerprint density at radius 2 is 2.18 bits per heavy atom. The number of carbonyl (C=O) groups is 1. The molecular formula is C12H11N3OS. The van der Waals surface area contributed by atoms with Crippen molar-refractivity contribution in [2.75, 3.05) is 5.32 Å². The number of benzene rings is 1. The van der Waals surface area contributed by atoms with E-state index in [9.17, 15) is 4.79 Å². The average Bonchev–Trinajstić information content (AvgIpc) is 2.97. The number of fused-ring (bicyclic) bond motifs is 1. The Balaban J connectivity index is 1.82. The second kappa shape index (κ2) is 4.25. The van der Waals surface area contributed by atoms with Crippen LogP contribution in [0.25, 0.3) is 0 Å². The maximum absolute atomic E-state index is 12.0. The third-order valence-corrected chi connectivity index (χ3v) is 3.54. The normalized spacial score (nSPS) is 13.4. The lowest BCUT2D eigenvalue weighted by Gasteiger charge is -2.04. The number of nitrogens with one attached hydrogen (secondary N) is 1. The van der Waals surface area contributed by atoms with E-state index in [2.05, 4.69) is 21.0 Å². The number of carbonyl (C=O) groups excluding carboxylic acids is 1. The van der Waals surface area contributed by atoms with Gasteiger partial charge in [-0.25, -0.2) is 0 Å². The number of hydrogen-bond donors (Lipinski definition) is 1. The lowest BCUT2D eigenvalue weighted by Crippen LogP contribution is -2.11. The van der Waals surface area contributed by atoms with Gasteiger partial charge in [0, 0.05) is 17.1 Å². The van der Waals surface area contributed by atoms with Gasteiger partial charge in [0.1, 0.15) is 5.00 Å². The Labute approximate surface area is 103 Å². The van der Waals surface area contributed by atoms with Crippen molar-refractivity contribution in [1.29, 1.82) is 0 Å². The second-order valence-corrected chi connectivity index (χ2v) is 4.86. The number of nitrogens with zero attached hydrogens (tertiary/aromatic N) is 2. The van der Waals surface area contributed by atoms with Crippen LogP contribution in [-0.4, -0.2) is 15.5 Å². The summed E-state index contributed by atoms with van der Waals surface area (Å²) in [5.74, 6) is -0.0919. The maximum Gasteiger partial charge on any atom is 0.256 e. The Kier molecular flexibility index (Phi) is 2.60. The van der Waals surface area contributed by atoms with Gasteiger partial charge in [0.2, 0.25) is 0 Å². The zero-order valence-electron chi connectivity index (χ0n) is 9.14. The van der Waals surface area contributed by atoms with E-state index in [1.54, 1.807) is 6.20 Å². The van der Waals surface area contributed by atoms with Crippen molar-refractivity contribution < 1.29 is 4.79 Å². The van der Waals surface area contributed by atoms with Crippen LogP contribution in [0.1, 0.15) is 27.9 Å². The van der Waals surface area contributed by atoms with Gasteiger partial charge in [-0.2, -0.15) is 0 Å². The fourth-order valence-corrected chi connectivity index (χ4v) is 2.53. The first kappa shape index (κ1) is 10.4. The third-order valence-electron chi connectivity index (χ3n) is 2.96. The molecule has 17 heavy (non-hydrogen) atoms. The lowest BCUT2D eigenvalue weighted by molar-refractivity contribution is 0.102. The number of aromatic nitrogens is 2. The number of aryl methyl sites for hydroxylation is 2. The fraction of sp³-hybridized carbons (Fsp3) is 0.250. The molecule has 1 aliphatic carbocycles. The minimum atomic E-state index is -0.0919. The van der Waals surface area contributed by atoms with E-state index in [1.807, 2.05) is 12.1 Å². The van der Waals surface area contributed by atoms with Gasteiger partial charge in [0.15, 0.2) is 0 Å². The van der Waals surface area contributed by atoms with Gasteiger partial charge < -0.3 is 5.32 Å². The van der Waals surface area contributed by atoms with Crippen LogP contribution >= 0.6 is 11.5 Å². The van der Waals surface area contributed by atoms with Crippen LogP contribution in [0.2, 0.25) is 0 Å². The van der Waals surface area contributed by atoms with Crippen molar-refractivity contribution in [3.05, 3.63) is 41.1 Å². The fourth-order valence-electron chi connectivity index (χ4n) is 2.12. The van der Waals surface area contributed by atoms with Gasteiger partial charge >= 0.3 is 0 Å². The van der Waals surface area contributed by atoms with Gasteiger partial charge in [-0.15, -0.1) is 5.10 Å². The topological polar surface area (TPSA) is 54.9 Å². The monoisotopic (exact) mass is 245 g/mol. The highest BCUT2D eigenvalue weighted by Crippen LogP contribution is 2.23. The number of hydrogen-bond acceptors (Lipinski definition) is 4. The molecule has 2 aromatic rings. The summed E-state index contributed by atoms with van der Waals surface area (Å²) in [6.45, 7) is 0. The predicted octanol–water partition coefficient (Wildman–Crippen LogP) is 2.28. The molecule has 0 aliphatic heterocycles. The van der Waals surface area contributed by atoms with Crippen molar-refractivity contribution in [2.24, 2.45) is 0 Å². The van der Waals surface area contributed by atoms with E-state index in [0.717, 1.165) is 12.8 Å². The van der Waals surface area contributed by atoms with Crippen LogP contribution < -0.4 is 5.32 Å². The molecule has 0 saturated carbocycles. The van der Waals surface area contributed by atoms with E-state index in [1.165, 1.54) is 29.1 Å². The predicted molar refractivity (Wildman–Crippen MR) is 66.3 cm³/mol. The van der Waals surface area contributed by atoms with Gasteiger partial charge in [-0.05, 0) is 42.5 Å². The van der Waals surface area contributed by atoms with Gasteiger partial charge in [0.05, 0.1) is 6.20 Å². The standard InChI is InChI=1S/C12H11N3OS/c16-12(14-11-7-13-15-17-11)10-5-4-8-2-1-3-9(8)6-10/h4-7H,1-3H2,(H,14,16). The van der Waals surface area contributed by atoms with E-state index in [4.69, 9.17) is 0 Å². The Bertz CT molecular complexity index is 551. The van der Waals surface area contributed by atoms with Crippen molar-refractivity contribution >= 4 is 22.4 Å². The van der Waals surface area contributed by atoms with Crippen LogP contribution in [0.15, 0.2) is 24.4 Å². The smallest absolute Gasteiger partial charge is 0.256 e. The molecule has 0 atom stereocenters. The average molecular weight is 245 g/mol. The molecule has 1 N–H and O–H groups in total. The zero-order chi connectivity index (χ0) is 11.7. The van der Waals surface area contributed by atoms with Gasteiger partial charge in [-0.1, -0.05) is 10.6 Å². The quantitative estimate of drug-likeness (QED) is 0.883. The minimum absolute atomic E-state index is 0.0919. The van der Waals surface area contributed by atoms with Crippen LogP contribution in [0.5, 0.6) is 0 Å². The molecular weight excluding hydrogens is 234 g/mol. The second-order valence-electron chi connectivity index (χ2n) is 4.07. The summed E-state index contributed by atoms with van der Waals surface area (Å²) in [5.41, 5.74) is 3.39. The molecule has 1 aliphatic rings. The summed E-state index contributed by atoms with van der Waals surface area (Å²) in [6.07, 6.45) is 4.96. The van der Waals surface area contributed by atoms with Crippen LogP contribution in [-0.2, 0) is 12.8 Å². The van der Waals surface area contributed by atoms with Crippen molar-refractivity contribution in [3.63, 3.8) is 0 Å². The van der Waals surface area contributed by atoms with Gasteiger partial charge in [0.25, 0.3) is 5.91 Å². The maximum atomic E-state index is 12.0. The summed E-state index contributed by atoms with van der Waals surface area (Å²) >= 11 is 1.18. The summed E-state index contributed by atoms with van der Waals surface area (Å²) in [4.78, 5) is 12.0. The largest absolute Gasteiger partial charge is 0.311 e. The summed E-state index contributed by atoms with van der Waals surface area (Å²) in [5, 5.41) is 7.14. The van der Waals surface area contributed by atoms with E-state index in [-0.39, 0.29) is 5.91 Å².